The van der Waals surface area contributed by atoms with Gasteiger partial charge in [-0.25, -0.2) is 9.59 Å². The fourth-order valence-corrected chi connectivity index (χ4v) is 4.18. The molecule has 1 fully saturated rings. The Balaban J connectivity index is 1.58. The van der Waals surface area contributed by atoms with Gasteiger partial charge in [-0.3, -0.25) is 4.79 Å². The Morgan fingerprint density at radius 2 is 1.96 bits per heavy atom. The molecule has 0 aromatic carbocycles. The molecule has 6 nitrogen and oxygen atoms in total. The number of rotatable bonds is 2. The highest BCUT2D eigenvalue weighted by Gasteiger charge is 2.54. The van der Waals surface area contributed by atoms with E-state index in [0.29, 0.717) is 24.0 Å². The predicted molar refractivity (Wildman–Crippen MR) is 85.8 cm³/mol. The standard InChI is InChI=1S/C19H20O6/c1-9-6-14(24-17(9)21)23-8-12-10-7-11-13(20)4-5-19(2,3)15(11)16(10)25-18(12)22/h6,8,10,14,16H,4-5,7H2,1-3H3/t10-,14-,16+/m1/s1. The lowest BCUT2D eigenvalue weighted by Gasteiger charge is -2.33. The molecule has 0 unspecified atom stereocenters. The van der Waals surface area contributed by atoms with Gasteiger partial charge >= 0.3 is 11.9 Å². The van der Waals surface area contributed by atoms with Gasteiger partial charge in [0.15, 0.2) is 5.78 Å². The number of ketones is 1. The van der Waals surface area contributed by atoms with Crippen molar-refractivity contribution in [3.63, 3.8) is 0 Å². The van der Waals surface area contributed by atoms with Crippen LogP contribution in [0.5, 0.6) is 0 Å². The van der Waals surface area contributed by atoms with Crippen molar-refractivity contribution in [3.8, 4) is 0 Å². The summed E-state index contributed by atoms with van der Waals surface area (Å²) in [5.41, 5.74) is 2.50. The number of allylic oxidation sites excluding steroid dienone is 1. The Hall–Kier alpha value is -2.37. The zero-order valence-electron chi connectivity index (χ0n) is 14.5. The van der Waals surface area contributed by atoms with Crippen LogP contribution in [0.15, 0.2) is 34.6 Å². The van der Waals surface area contributed by atoms with Crippen LogP contribution in [-0.4, -0.2) is 30.1 Å². The van der Waals surface area contributed by atoms with Gasteiger partial charge in [-0.15, -0.1) is 0 Å². The molecule has 0 amide bonds. The molecule has 3 atom stereocenters. The van der Waals surface area contributed by atoms with E-state index in [2.05, 4.69) is 13.8 Å². The Bertz CT molecular complexity index is 782. The van der Waals surface area contributed by atoms with Crippen molar-refractivity contribution in [1.29, 1.82) is 0 Å². The highest BCUT2D eigenvalue weighted by Crippen LogP contribution is 2.53. The molecule has 2 heterocycles. The minimum Gasteiger partial charge on any atom is -0.458 e. The van der Waals surface area contributed by atoms with Crippen LogP contribution in [0.1, 0.15) is 40.0 Å². The van der Waals surface area contributed by atoms with Crippen LogP contribution in [0.3, 0.4) is 0 Å². The third-order valence-corrected chi connectivity index (χ3v) is 5.57. The van der Waals surface area contributed by atoms with E-state index in [4.69, 9.17) is 14.2 Å². The number of fused-ring (bicyclic) bond motifs is 2. The van der Waals surface area contributed by atoms with Gasteiger partial charge in [0, 0.05) is 24.0 Å². The summed E-state index contributed by atoms with van der Waals surface area (Å²) < 4.78 is 16.1. The quantitative estimate of drug-likeness (QED) is 0.435. The number of Topliss-reactive ketones (excluding diaryl/α,β-unsaturated/α-hetero) is 1. The minimum atomic E-state index is -0.825. The normalized spacial score (nSPS) is 34.7. The Morgan fingerprint density at radius 1 is 1.20 bits per heavy atom. The summed E-state index contributed by atoms with van der Waals surface area (Å²) in [6, 6.07) is 0. The molecule has 2 aliphatic carbocycles. The van der Waals surface area contributed by atoms with Crippen LogP contribution in [0, 0.1) is 11.3 Å². The van der Waals surface area contributed by atoms with Crippen LogP contribution in [0.25, 0.3) is 0 Å². The van der Waals surface area contributed by atoms with E-state index < -0.39 is 18.2 Å². The molecule has 0 radical (unpaired) electrons. The zero-order chi connectivity index (χ0) is 17.9. The van der Waals surface area contributed by atoms with Crippen molar-refractivity contribution in [1.82, 2.24) is 0 Å². The molecule has 0 saturated carbocycles. The number of hydrogen-bond acceptors (Lipinski definition) is 6. The maximum Gasteiger partial charge on any atom is 0.338 e. The highest BCUT2D eigenvalue weighted by atomic mass is 16.7. The second-order valence-corrected chi connectivity index (χ2v) is 7.67. The third kappa shape index (κ3) is 2.42. The molecule has 25 heavy (non-hydrogen) atoms. The van der Waals surface area contributed by atoms with Crippen molar-refractivity contribution in [3.05, 3.63) is 34.6 Å². The first-order valence-electron chi connectivity index (χ1n) is 8.50. The molecular weight excluding hydrogens is 324 g/mol. The largest absolute Gasteiger partial charge is 0.458 e. The van der Waals surface area contributed by atoms with Crippen molar-refractivity contribution in [2.45, 2.75) is 52.4 Å². The molecule has 0 N–H and O–H groups in total. The number of hydrogen-bond donors (Lipinski definition) is 0. The average molecular weight is 344 g/mol. The first-order chi connectivity index (χ1) is 11.8. The summed E-state index contributed by atoms with van der Waals surface area (Å²) >= 11 is 0. The lowest BCUT2D eigenvalue weighted by molar-refractivity contribution is -0.152. The van der Waals surface area contributed by atoms with E-state index in [9.17, 15) is 14.4 Å². The van der Waals surface area contributed by atoms with Crippen molar-refractivity contribution < 1.29 is 28.6 Å². The summed E-state index contributed by atoms with van der Waals surface area (Å²) in [6.07, 6.45) is 3.48. The van der Waals surface area contributed by atoms with Gasteiger partial charge in [-0.2, -0.15) is 0 Å². The second kappa shape index (κ2) is 5.31. The van der Waals surface area contributed by atoms with E-state index in [1.54, 1.807) is 13.0 Å². The maximum absolute atomic E-state index is 12.3. The molecule has 0 aromatic heterocycles. The Kier molecular flexibility index (Phi) is 3.42. The van der Waals surface area contributed by atoms with Gasteiger partial charge in [0.1, 0.15) is 6.10 Å². The molecule has 1 saturated heterocycles. The predicted octanol–water partition coefficient (Wildman–Crippen LogP) is 2.35. The lowest BCUT2D eigenvalue weighted by Crippen LogP contribution is -2.30. The monoisotopic (exact) mass is 344 g/mol. The smallest absolute Gasteiger partial charge is 0.338 e. The molecule has 0 bridgehead atoms. The van der Waals surface area contributed by atoms with Gasteiger partial charge in [0.25, 0.3) is 6.29 Å². The van der Waals surface area contributed by atoms with Crippen molar-refractivity contribution in [2.24, 2.45) is 11.3 Å². The van der Waals surface area contributed by atoms with Crippen molar-refractivity contribution in [2.75, 3.05) is 0 Å². The molecule has 6 heteroatoms. The van der Waals surface area contributed by atoms with Crippen LogP contribution in [0.4, 0.5) is 0 Å². The molecule has 4 aliphatic rings. The number of esters is 2. The summed E-state index contributed by atoms with van der Waals surface area (Å²) in [5, 5.41) is 0. The number of cyclic esters (lactones) is 1. The van der Waals surface area contributed by atoms with Gasteiger partial charge in [-0.05, 0) is 36.3 Å². The highest BCUT2D eigenvalue weighted by molar-refractivity contribution is 6.00. The summed E-state index contributed by atoms with van der Waals surface area (Å²) in [5.74, 6) is -0.912. The van der Waals surface area contributed by atoms with E-state index in [1.165, 1.54) is 6.26 Å². The molecule has 132 valence electrons. The van der Waals surface area contributed by atoms with Gasteiger partial charge in [0.05, 0.1) is 11.8 Å². The van der Waals surface area contributed by atoms with Crippen LogP contribution in [0.2, 0.25) is 0 Å². The summed E-state index contributed by atoms with van der Waals surface area (Å²) in [4.78, 5) is 36.0. The van der Waals surface area contributed by atoms with Crippen LogP contribution < -0.4 is 0 Å². The molecule has 2 aliphatic heterocycles. The number of carbonyl (C=O) groups excluding carboxylic acids is 3. The van der Waals surface area contributed by atoms with Gasteiger partial charge < -0.3 is 14.2 Å². The minimum absolute atomic E-state index is 0.153. The Morgan fingerprint density at radius 3 is 2.64 bits per heavy atom. The van der Waals surface area contributed by atoms with Crippen LogP contribution >= 0.6 is 0 Å². The number of carbonyl (C=O) groups is 3. The fraction of sp³-hybridized carbons (Fsp3) is 0.526. The average Bonchev–Trinajstić information content (AvgIpc) is 3.15. The number of ether oxygens (including phenoxy) is 3. The van der Waals surface area contributed by atoms with E-state index in [-0.39, 0.29) is 23.2 Å². The van der Waals surface area contributed by atoms with Crippen molar-refractivity contribution >= 4 is 17.7 Å². The first-order valence-corrected chi connectivity index (χ1v) is 8.50. The van der Waals surface area contributed by atoms with E-state index in [0.717, 1.165) is 17.6 Å². The third-order valence-electron chi connectivity index (χ3n) is 5.57. The molecule has 0 spiro atoms. The van der Waals surface area contributed by atoms with Gasteiger partial charge in [0.2, 0.25) is 0 Å². The van der Waals surface area contributed by atoms with Gasteiger partial charge in [-0.1, -0.05) is 13.8 Å². The lowest BCUT2D eigenvalue weighted by atomic mass is 9.72. The maximum atomic E-state index is 12.3. The zero-order valence-corrected chi connectivity index (χ0v) is 14.5. The van der Waals surface area contributed by atoms with E-state index in [1.807, 2.05) is 0 Å². The van der Waals surface area contributed by atoms with Crippen LogP contribution in [-0.2, 0) is 28.6 Å². The fourth-order valence-electron chi connectivity index (χ4n) is 4.18. The van der Waals surface area contributed by atoms with E-state index >= 15 is 0 Å². The summed E-state index contributed by atoms with van der Waals surface area (Å²) in [7, 11) is 0. The molecule has 4 rings (SSSR count). The second-order valence-electron chi connectivity index (χ2n) is 7.67. The topological polar surface area (TPSA) is 78.9 Å². The summed E-state index contributed by atoms with van der Waals surface area (Å²) in [6.45, 7) is 5.82. The first kappa shape index (κ1) is 16.1. The SMILES string of the molecule is CC1=C[C@H](OC=C2C(=O)O[C@@H]3C4=C(C[C@H]23)C(=O)CCC4(C)C)OC1=O. The molecule has 0 aromatic rings. The molecular formula is C19H20O6. The Labute approximate surface area is 145 Å².